The van der Waals surface area contributed by atoms with Crippen LogP contribution in [0.15, 0.2) is 24.3 Å². The van der Waals surface area contributed by atoms with Crippen LogP contribution in [-0.2, 0) is 10.0 Å². The third kappa shape index (κ3) is 3.10. The molecule has 0 atom stereocenters. The maximum absolute atomic E-state index is 12.2. The molecular formula is C15H21N3O3S. The molecule has 1 aromatic carbocycles. The zero-order valence-electron chi connectivity index (χ0n) is 12.4. The molecule has 3 rings (SSSR count). The summed E-state index contributed by atoms with van der Waals surface area (Å²) in [5.41, 5.74) is 6.72. The van der Waals surface area contributed by atoms with Gasteiger partial charge >= 0.3 is 0 Å². The number of nitrogens with zero attached hydrogens (tertiary/aromatic N) is 1. The molecule has 0 unspecified atom stereocenters. The number of para-hydroxylation sites is 1. The summed E-state index contributed by atoms with van der Waals surface area (Å²) in [4.78, 5) is 12.2. The third-order valence-electron chi connectivity index (χ3n) is 4.30. The number of nitrogens with one attached hydrogen (secondary N) is 1. The van der Waals surface area contributed by atoms with Crippen molar-refractivity contribution in [1.82, 2.24) is 9.62 Å². The van der Waals surface area contributed by atoms with Crippen molar-refractivity contribution >= 4 is 21.6 Å². The molecule has 0 spiro atoms. The van der Waals surface area contributed by atoms with Crippen molar-refractivity contribution in [2.24, 2.45) is 0 Å². The molecule has 1 amide bonds. The van der Waals surface area contributed by atoms with Crippen molar-refractivity contribution in [2.75, 3.05) is 18.8 Å². The summed E-state index contributed by atoms with van der Waals surface area (Å²) < 4.78 is 25.9. The SMILES string of the molecule is Nc1ccccc1C(=O)NC1CCN(S(=O)(=O)C2CC2)CC1. The first-order valence-electron chi connectivity index (χ1n) is 7.63. The van der Waals surface area contributed by atoms with E-state index in [1.165, 1.54) is 0 Å². The molecule has 1 aliphatic carbocycles. The highest BCUT2D eigenvalue weighted by atomic mass is 32.2. The maximum atomic E-state index is 12.2. The van der Waals surface area contributed by atoms with Gasteiger partial charge in [-0.3, -0.25) is 4.79 Å². The number of amides is 1. The van der Waals surface area contributed by atoms with Gasteiger partial charge in [0.05, 0.1) is 10.8 Å². The Hall–Kier alpha value is -1.60. The Kier molecular flexibility index (Phi) is 4.10. The van der Waals surface area contributed by atoms with Crippen molar-refractivity contribution in [3.05, 3.63) is 29.8 Å². The molecular weight excluding hydrogens is 302 g/mol. The first-order chi connectivity index (χ1) is 10.5. The molecule has 1 heterocycles. The highest BCUT2D eigenvalue weighted by Crippen LogP contribution is 2.32. The molecule has 1 aromatic rings. The molecule has 2 aliphatic rings. The lowest BCUT2D eigenvalue weighted by atomic mass is 10.1. The van der Waals surface area contributed by atoms with Gasteiger partial charge in [-0.25, -0.2) is 12.7 Å². The van der Waals surface area contributed by atoms with Crippen molar-refractivity contribution in [2.45, 2.75) is 37.0 Å². The molecule has 6 nitrogen and oxygen atoms in total. The van der Waals surface area contributed by atoms with Gasteiger partial charge in [-0.05, 0) is 37.8 Å². The molecule has 22 heavy (non-hydrogen) atoms. The van der Waals surface area contributed by atoms with Crippen molar-refractivity contribution in [3.63, 3.8) is 0 Å². The average Bonchev–Trinajstić information content (AvgIpc) is 3.33. The fraction of sp³-hybridized carbons (Fsp3) is 0.533. The van der Waals surface area contributed by atoms with Gasteiger partial charge in [0.1, 0.15) is 0 Å². The smallest absolute Gasteiger partial charge is 0.253 e. The number of rotatable bonds is 4. The summed E-state index contributed by atoms with van der Waals surface area (Å²) in [5, 5.41) is 2.79. The summed E-state index contributed by atoms with van der Waals surface area (Å²) >= 11 is 0. The van der Waals surface area contributed by atoms with Crippen LogP contribution < -0.4 is 11.1 Å². The van der Waals surface area contributed by atoms with E-state index >= 15 is 0 Å². The Morgan fingerprint density at radius 2 is 1.77 bits per heavy atom. The number of hydrogen-bond donors (Lipinski definition) is 2. The largest absolute Gasteiger partial charge is 0.398 e. The summed E-state index contributed by atoms with van der Waals surface area (Å²) in [7, 11) is -3.10. The maximum Gasteiger partial charge on any atom is 0.253 e. The first-order valence-corrected chi connectivity index (χ1v) is 9.13. The molecule has 1 aliphatic heterocycles. The third-order valence-corrected chi connectivity index (χ3v) is 6.70. The van der Waals surface area contributed by atoms with E-state index < -0.39 is 10.0 Å². The number of piperidine rings is 1. The van der Waals surface area contributed by atoms with Gasteiger partial charge < -0.3 is 11.1 Å². The zero-order chi connectivity index (χ0) is 15.7. The molecule has 7 heteroatoms. The highest BCUT2D eigenvalue weighted by molar-refractivity contribution is 7.90. The standard InChI is InChI=1S/C15H21N3O3S/c16-14-4-2-1-3-13(14)15(19)17-11-7-9-18(10-8-11)22(20,21)12-5-6-12/h1-4,11-12H,5-10,16H2,(H,17,19). The number of carbonyl (C=O) groups excluding carboxylic acids is 1. The van der Waals surface area contributed by atoms with Crippen LogP contribution in [0.3, 0.4) is 0 Å². The van der Waals surface area contributed by atoms with E-state index in [4.69, 9.17) is 5.73 Å². The second kappa shape index (κ2) is 5.89. The molecule has 0 bridgehead atoms. The normalized spacial score (nSPS) is 20.7. The number of sulfonamides is 1. The van der Waals surface area contributed by atoms with E-state index in [0.29, 0.717) is 37.2 Å². The lowest BCUT2D eigenvalue weighted by Gasteiger charge is -2.31. The van der Waals surface area contributed by atoms with Gasteiger partial charge in [-0.15, -0.1) is 0 Å². The van der Waals surface area contributed by atoms with Crippen LogP contribution in [0.5, 0.6) is 0 Å². The van der Waals surface area contributed by atoms with Gasteiger partial charge in [0.2, 0.25) is 10.0 Å². The Morgan fingerprint density at radius 3 is 2.36 bits per heavy atom. The van der Waals surface area contributed by atoms with Gasteiger partial charge in [0.15, 0.2) is 0 Å². The molecule has 0 radical (unpaired) electrons. The van der Waals surface area contributed by atoms with E-state index in [-0.39, 0.29) is 17.2 Å². The number of benzene rings is 1. The summed E-state index contributed by atoms with van der Waals surface area (Å²) in [6.07, 6.45) is 2.85. The minimum atomic E-state index is -3.10. The van der Waals surface area contributed by atoms with Crippen LogP contribution >= 0.6 is 0 Å². The molecule has 0 aromatic heterocycles. The fourth-order valence-corrected chi connectivity index (χ4v) is 4.67. The van der Waals surface area contributed by atoms with E-state index in [0.717, 1.165) is 12.8 Å². The van der Waals surface area contributed by atoms with Crippen molar-refractivity contribution < 1.29 is 13.2 Å². The Morgan fingerprint density at radius 1 is 1.14 bits per heavy atom. The predicted molar refractivity (Wildman–Crippen MR) is 84.9 cm³/mol. The minimum Gasteiger partial charge on any atom is -0.398 e. The van der Waals surface area contributed by atoms with E-state index in [2.05, 4.69) is 5.32 Å². The number of nitrogens with two attached hydrogens (primary N) is 1. The second-order valence-corrected chi connectivity index (χ2v) is 8.19. The van der Waals surface area contributed by atoms with Gasteiger partial charge in [-0.2, -0.15) is 0 Å². The predicted octanol–water partition coefficient (Wildman–Crippen LogP) is 0.955. The molecule has 2 fully saturated rings. The Labute approximate surface area is 130 Å². The highest BCUT2D eigenvalue weighted by Gasteiger charge is 2.41. The zero-order valence-corrected chi connectivity index (χ0v) is 13.2. The lowest BCUT2D eigenvalue weighted by Crippen LogP contribution is -2.47. The van der Waals surface area contributed by atoms with Crippen LogP contribution in [-0.4, -0.2) is 43.0 Å². The molecule has 3 N–H and O–H groups in total. The second-order valence-electron chi connectivity index (χ2n) is 5.98. The number of carbonyl (C=O) groups is 1. The lowest BCUT2D eigenvalue weighted by molar-refractivity contribution is 0.0924. The summed E-state index contributed by atoms with van der Waals surface area (Å²) in [6.45, 7) is 0.960. The number of anilines is 1. The fourth-order valence-electron chi connectivity index (χ4n) is 2.80. The van der Waals surface area contributed by atoms with Crippen LogP contribution in [0.4, 0.5) is 5.69 Å². The molecule has 1 saturated heterocycles. The van der Waals surface area contributed by atoms with Gasteiger partial charge in [0, 0.05) is 24.8 Å². The van der Waals surface area contributed by atoms with Gasteiger partial charge in [0.25, 0.3) is 5.91 Å². The average molecular weight is 323 g/mol. The molecule has 120 valence electrons. The van der Waals surface area contributed by atoms with Gasteiger partial charge in [-0.1, -0.05) is 12.1 Å². The van der Waals surface area contributed by atoms with E-state index in [9.17, 15) is 13.2 Å². The minimum absolute atomic E-state index is 0.00207. The van der Waals surface area contributed by atoms with E-state index in [1.807, 2.05) is 0 Å². The number of nitrogen functional groups attached to an aromatic ring is 1. The number of hydrogen-bond acceptors (Lipinski definition) is 4. The Bertz CT molecular complexity index is 662. The van der Waals surface area contributed by atoms with Crippen LogP contribution in [0.1, 0.15) is 36.0 Å². The van der Waals surface area contributed by atoms with Crippen molar-refractivity contribution in [1.29, 1.82) is 0 Å². The summed E-state index contributed by atoms with van der Waals surface area (Å²) in [5.74, 6) is -0.193. The van der Waals surface area contributed by atoms with Crippen LogP contribution in [0, 0.1) is 0 Å². The van der Waals surface area contributed by atoms with Crippen molar-refractivity contribution in [3.8, 4) is 0 Å². The Balaban J connectivity index is 1.56. The summed E-state index contributed by atoms with van der Waals surface area (Å²) in [6, 6.07) is 6.94. The molecule has 1 saturated carbocycles. The quantitative estimate of drug-likeness (QED) is 0.807. The van der Waals surface area contributed by atoms with E-state index in [1.54, 1.807) is 28.6 Å². The monoisotopic (exact) mass is 323 g/mol. The van der Waals surface area contributed by atoms with Crippen LogP contribution in [0.25, 0.3) is 0 Å². The topological polar surface area (TPSA) is 92.5 Å². The first kappa shape index (κ1) is 15.3. The van der Waals surface area contributed by atoms with Crippen LogP contribution in [0.2, 0.25) is 0 Å².